The lowest BCUT2D eigenvalue weighted by Gasteiger charge is -2.15. The second-order valence-electron chi connectivity index (χ2n) is 7.53. The molecule has 1 amide bonds. The minimum Gasteiger partial charge on any atom is -0.384 e. The van der Waals surface area contributed by atoms with Crippen LogP contribution in [0.15, 0.2) is 51.8 Å². The van der Waals surface area contributed by atoms with Crippen molar-refractivity contribution in [2.24, 2.45) is 4.99 Å². The summed E-state index contributed by atoms with van der Waals surface area (Å²) in [4.78, 5) is 30.4. The zero-order valence-electron chi connectivity index (χ0n) is 17.1. The molecular formula is C23H23N5OS2. The Bertz CT molecular complexity index is 1120. The molecule has 1 fully saturated rings. The predicted octanol–water partition coefficient (Wildman–Crippen LogP) is 4.68. The van der Waals surface area contributed by atoms with Gasteiger partial charge in [0.25, 0.3) is 0 Å². The maximum absolute atomic E-state index is 11.7. The van der Waals surface area contributed by atoms with Gasteiger partial charge in [-0.1, -0.05) is 18.2 Å². The van der Waals surface area contributed by atoms with Crippen molar-refractivity contribution in [3.8, 4) is 21.1 Å². The summed E-state index contributed by atoms with van der Waals surface area (Å²) < 4.78 is 0. The topological polar surface area (TPSA) is 70.5 Å². The number of hydrogen-bond donors (Lipinski definition) is 1. The molecule has 0 aromatic carbocycles. The number of carbonyl (C=O) groups excluding carboxylic acids is 1. The van der Waals surface area contributed by atoms with E-state index in [0.29, 0.717) is 18.7 Å². The largest absolute Gasteiger partial charge is 0.384 e. The highest BCUT2D eigenvalue weighted by Crippen LogP contribution is 2.36. The number of nitrogens with zero attached hydrogens (tertiary/aromatic N) is 4. The Morgan fingerprint density at radius 1 is 1.06 bits per heavy atom. The highest BCUT2D eigenvalue weighted by Gasteiger charge is 2.20. The maximum atomic E-state index is 11.7. The third-order valence-electron chi connectivity index (χ3n) is 5.40. The number of fused-ring (bicyclic) bond motifs is 1. The molecule has 3 aromatic rings. The SMILES string of the molecule is O=C1CCCN1CCCNC1=CCc2nc(-c3cccs3)c(-c3cccs3)nc2N=C1. The zero-order valence-corrected chi connectivity index (χ0v) is 18.7. The van der Waals surface area contributed by atoms with Crippen LogP contribution in [0.1, 0.15) is 25.0 Å². The van der Waals surface area contributed by atoms with Gasteiger partial charge in [-0.3, -0.25) is 4.79 Å². The molecular weight excluding hydrogens is 426 g/mol. The van der Waals surface area contributed by atoms with Crippen molar-refractivity contribution < 1.29 is 4.79 Å². The molecule has 0 aliphatic carbocycles. The quantitative estimate of drug-likeness (QED) is 0.532. The number of rotatable bonds is 7. The minimum atomic E-state index is 0.283. The lowest BCUT2D eigenvalue weighted by Crippen LogP contribution is -2.28. The van der Waals surface area contributed by atoms with Gasteiger partial charge in [0.05, 0.1) is 21.7 Å². The molecule has 0 atom stereocenters. The highest BCUT2D eigenvalue weighted by molar-refractivity contribution is 7.14. The van der Waals surface area contributed by atoms with Crippen LogP contribution in [0.5, 0.6) is 0 Å². The summed E-state index contributed by atoms with van der Waals surface area (Å²) in [6.45, 7) is 2.52. The molecule has 2 aliphatic rings. The smallest absolute Gasteiger partial charge is 0.222 e. The number of likely N-dealkylation sites (tertiary alicyclic amines) is 1. The van der Waals surface area contributed by atoms with E-state index in [1.807, 2.05) is 23.2 Å². The summed E-state index contributed by atoms with van der Waals surface area (Å²) in [5, 5.41) is 7.57. The number of aliphatic imine (C=N–C) groups is 1. The molecule has 8 heteroatoms. The molecule has 0 bridgehead atoms. The maximum Gasteiger partial charge on any atom is 0.222 e. The van der Waals surface area contributed by atoms with Crippen LogP contribution in [0, 0.1) is 0 Å². The fourth-order valence-electron chi connectivity index (χ4n) is 3.82. The lowest BCUT2D eigenvalue weighted by molar-refractivity contribution is -0.127. The van der Waals surface area contributed by atoms with Crippen molar-refractivity contribution in [3.63, 3.8) is 0 Å². The average molecular weight is 450 g/mol. The van der Waals surface area contributed by atoms with E-state index in [1.165, 1.54) is 0 Å². The van der Waals surface area contributed by atoms with Crippen LogP contribution in [0.2, 0.25) is 0 Å². The van der Waals surface area contributed by atoms with E-state index in [9.17, 15) is 4.79 Å². The lowest BCUT2D eigenvalue weighted by atomic mass is 10.2. The summed E-state index contributed by atoms with van der Waals surface area (Å²) in [6, 6.07) is 8.25. The summed E-state index contributed by atoms with van der Waals surface area (Å²) in [7, 11) is 0. The Labute approximate surface area is 189 Å². The molecule has 3 aromatic heterocycles. The first-order valence-corrected chi connectivity index (χ1v) is 12.3. The molecule has 0 spiro atoms. The van der Waals surface area contributed by atoms with Gasteiger partial charge in [0, 0.05) is 38.2 Å². The Balaban J connectivity index is 1.32. The van der Waals surface area contributed by atoms with Crippen molar-refractivity contribution in [1.29, 1.82) is 0 Å². The molecule has 2 aliphatic heterocycles. The monoisotopic (exact) mass is 449 g/mol. The Morgan fingerprint density at radius 3 is 2.52 bits per heavy atom. The second-order valence-corrected chi connectivity index (χ2v) is 9.43. The predicted molar refractivity (Wildman–Crippen MR) is 127 cm³/mol. The fraction of sp³-hybridized carbons (Fsp3) is 0.304. The van der Waals surface area contributed by atoms with E-state index in [-0.39, 0.29) is 5.91 Å². The van der Waals surface area contributed by atoms with E-state index in [1.54, 1.807) is 22.7 Å². The molecule has 0 saturated carbocycles. The van der Waals surface area contributed by atoms with Gasteiger partial charge < -0.3 is 10.2 Å². The average Bonchev–Trinajstić information content (AvgIpc) is 3.54. The number of amides is 1. The van der Waals surface area contributed by atoms with Crippen LogP contribution in [0.25, 0.3) is 21.1 Å². The number of nitrogens with one attached hydrogen (secondary N) is 1. The Hall–Kier alpha value is -2.84. The van der Waals surface area contributed by atoms with Crippen LogP contribution in [0.4, 0.5) is 5.82 Å². The number of carbonyl (C=O) groups is 1. The first-order valence-electron chi connectivity index (χ1n) is 10.5. The van der Waals surface area contributed by atoms with Crippen molar-refractivity contribution >= 4 is 40.6 Å². The van der Waals surface area contributed by atoms with Crippen LogP contribution in [-0.2, 0) is 11.2 Å². The second kappa shape index (κ2) is 9.11. The normalized spacial score (nSPS) is 15.7. The van der Waals surface area contributed by atoms with E-state index >= 15 is 0 Å². The van der Waals surface area contributed by atoms with Gasteiger partial charge in [-0.15, -0.1) is 22.7 Å². The molecule has 31 heavy (non-hydrogen) atoms. The Morgan fingerprint density at radius 2 is 1.84 bits per heavy atom. The van der Waals surface area contributed by atoms with Gasteiger partial charge in [0.1, 0.15) is 11.4 Å². The summed E-state index contributed by atoms with van der Waals surface area (Å²) in [6.07, 6.45) is 7.25. The standard InChI is InChI=1S/C23H23N5OS2/c29-20-7-1-11-28(20)12-4-10-24-16-8-9-17-23(25-15-16)27-22(19-6-3-14-31-19)21(26-17)18-5-2-13-30-18/h2-3,5-6,8,13-15,24H,1,4,7,9-12H2. The van der Waals surface area contributed by atoms with Crippen molar-refractivity contribution in [2.75, 3.05) is 19.6 Å². The van der Waals surface area contributed by atoms with Gasteiger partial charge in [0.2, 0.25) is 5.91 Å². The number of thiophene rings is 2. The molecule has 158 valence electrons. The summed E-state index contributed by atoms with van der Waals surface area (Å²) >= 11 is 3.34. The number of hydrogen-bond acceptors (Lipinski definition) is 7. The molecule has 0 radical (unpaired) electrons. The third kappa shape index (κ3) is 4.45. The Kier molecular flexibility index (Phi) is 5.90. The number of aromatic nitrogens is 2. The third-order valence-corrected chi connectivity index (χ3v) is 7.16. The van der Waals surface area contributed by atoms with E-state index in [4.69, 9.17) is 9.97 Å². The van der Waals surface area contributed by atoms with E-state index < -0.39 is 0 Å². The van der Waals surface area contributed by atoms with Gasteiger partial charge in [-0.25, -0.2) is 15.0 Å². The molecule has 5 rings (SSSR count). The summed E-state index contributed by atoms with van der Waals surface area (Å²) in [5.74, 6) is 0.963. The van der Waals surface area contributed by atoms with Crippen LogP contribution < -0.4 is 5.32 Å². The van der Waals surface area contributed by atoms with E-state index in [2.05, 4.69) is 39.3 Å². The first-order chi connectivity index (χ1) is 15.3. The zero-order chi connectivity index (χ0) is 21.0. The molecule has 5 heterocycles. The fourth-order valence-corrected chi connectivity index (χ4v) is 5.25. The van der Waals surface area contributed by atoms with Crippen LogP contribution in [0.3, 0.4) is 0 Å². The van der Waals surface area contributed by atoms with Gasteiger partial charge >= 0.3 is 0 Å². The highest BCUT2D eigenvalue weighted by atomic mass is 32.1. The minimum absolute atomic E-state index is 0.283. The van der Waals surface area contributed by atoms with Gasteiger partial charge in [-0.05, 0) is 35.7 Å². The van der Waals surface area contributed by atoms with Crippen LogP contribution in [-0.4, -0.2) is 46.6 Å². The number of allylic oxidation sites excluding steroid dienone is 2. The molecule has 1 N–H and O–H groups in total. The van der Waals surface area contributed by atoms with Gasteiger partial charge in [0.15, 0.2) is 5.82 Å². The van der Waals surface area contributed by atoms with E-state index in [0.717, 1.165) is 65.0 Å². The molecule has 0 unspecified atom stereocenters. The molecule has 6 nitrogen and oxygen atoms in total. The first kappa shape index (κ1) is 20.1. The van der Waals surface area contributed by atoms with Crippen molar-refractivity contribution in [2.45, 2.75) is 25.7 Å². The molecule has 1 saturated heterocycles. The van der Waals surface area contributed by atoms with Crippen LogP contribution >= 0.6 is 22.7 Å². The van der Waals surface area contributed by atoms with Crippen molar-refractivity contribution in [1.82, 2.24) is 20.2 Å². The van der Waals surface area contributed by atoms with Crippen molar-refractivity contribution in [3.05, 3.63) is 52.5 Å². The summed E-state index contributed by atoms with van der Waals surface area (Å²) in [5.41, 5.74) is 3.67. The van der Waals surface area contributed by atoms with Gasteiger partial charge in [-0.2, -0.15) is 0 Å².